The Morgan fingerprint density at radius 1 is 1.11 bits per heavy atom. The number of nitrogens with zero attached hydrogens (tertiary/aromatic N) is 4. The number of ether oxygens (including phenoxy) is 1. The molecular formula is C23H24F3N5O4. The summed E-state index contributed by atoms with van der Waals surface area (Å²) in [4.78, 5) is 40.8. The molecule has 3 aromatic rings. The van der Waals surface area contributed by atoms with Crippen LogP contribution in [0.15, 0.2) is 58.1 Å². The largest absolute Gasteiger partial charge is 0.497 e. The molecule has 1 heterocycles. The van der Waals surface area contributed by atoms with Gasteiger partial charge in [-0.1, -0.05) is 12.1 Å². The summed E-state index contributed by atoms with van der Waals surface area (Å²) < 4.78 is 45.6. The van der Waals surface area contributed by atoms with Gasteiger partial charge < -0.3 is 15.0 Å². The summed E-state index contributed by atoms with van der Waals surface area (Å²) in [6.07, 6.45) is -4.57. The monoisotopic (exact) mass is 491 g/mol. The Morgan fingerprint density at radius 3 is 2.40 bits per heavy atom. The predicted molar refractivity (Wildman–Crippen MR) is 122 cm³/mol. The minimum Gasteiger partial charge on any atom is -0.497 e. The third-order valence-electron chi connectivity index (χ3n) is 5.03. The quantitative estimate of drug-likeness (QED) is 0.516. The van der Waals surface area contributed by atoms with Gasteiger partial charge in [-0.25, -0.2) is 4.79 Å². The van der Waals surface area contributed by atoms with Crippen molar-refractivity contribution in [3.63, 3.8) is 0 Å². The maximum atomic E-state index is 13.2. The van der Waals surface area contributed by atoms with Crippen LogP contribution in [-0.2, 0) is 12.7 Å². The summed E-state index contributed by atoms with van der Waals surface area (Å²) in [7, 11) is 5.07. The summed E-state index contributed by atoms with van der Waals surface area (Å²) in [5.74, 6) is -0.314. The summed E-state index contributed by atoms with van der Waals surface area (Å²) in [5, 5.41) is 6.47. The van der Waals surface area contributed by atoms with E-state index < -0.39 is 34.6 Å². The molecule has 3 rings (SSSR count). The molecule has 0 aliphatic heterocycles. The van der Waals surface area contributed by atoms with Crippen LogP contribution in [0.3, 0.4) is 0 Å². The van der Waals surface area contributed by atoms with Gasteiger partial charge in [-0.05, 0) is 56.1 Å². The van der Waals surface area contributed by atoms with Crippen LogP contribution in [0.25, 0.3) is 5.69 Å². The Bertz CT molecular complexity index is 1310. The van der Waals surface area contributed by atoms with E-state index in [0.717, 1.165) is 33.5 Å². The molecule has 0 saturated heterocycles. The molecule has 186 valence electrons. The van der Waals surface area contributed by atoms with Gasteiger partial charge in [0.25, 0.3) is 11.5 Å². The number of nitrogens with one attached hydrogen (secondary N) is 1. The topological polar surface area (TPSA) is 98.5 Å². The highest BCUT2D eigenvalue weighted by molar-refractivity contribution is 5.91. The molecule has 0 fully saturated rings. The SMILES string of the molecule is COc1cccc(Cn2c(=O)c(C(=O)NCCN(C)C)nn(-c3ccc(C(F)(F)F)cc3)c2=O)c1. The van der Waals surface area contributed by atoms with Crippen molar-refractivity contribution in [1.29, 1.82) is 0 Å². The molecule has 0 unspecified atom stereocenters. The first-order chi connectivity index (χ1) is 16.5. The van der Waals surface area contributed by atoms with Crippen LogP contribution < -0.4 is 21.3 Å². The summed E-state index contributed by atoms with van der Waals surface area (Å²) >= 11 is 0. The average Bonchev–Trinajstić information content (AvgIpc) is 2.81. The van der Waals surface area contributed by atoms with Crippen LogP contribution in [-0.4, -0.2) is 59.4 Å². The van der Waals surface area contributed by atoms with E-state index in [-0.39, 0.29) is 18.8 Å². The summed E-state index contributed by atoms with van der Waals surface area (Å²) in [6.45, 7) is 0.487. The van der Waals surface area contributed by atoms with Gasteiger partial charge in [0.15, 0.2) is 0 Å². The lowest BCUT2D eigenvalue weighted by Gasteiger charge is -2.14. The Morgan fingerprint density at radius 2 is 1.80 bits per heavy atom. The fraction of sp³-hybridized carbons (Fsp3) is 0.304. The van der Waals surface area contributed by atoms with E-state index in [1.54, 1.807) is 38.4 Å². The number of hydrogen-bond acceptors (Lipinski definition) is 6. The molecule has 0 spiro atoms. The van der Waals surface area contributed by atoms with Gasteiger partial charge in [0.1, 0.15) is 5.75 Å². The maximum Gasteiger partial charge on any atom is 0.416 e. The highest BCUT2D eigenvalue weighted by atomic mass is 19.4. The lowest BCUT2D eigenvalue weighted by atomic mass is 10.2. The van der Waals surface area contributed by atoms with E-state index in [1.165, 1.54) is 7.11 Å². The number of aromatic nitrogens is 3. The Kier molecular flexibility index (Phi) is 7.75. The number of hydrogen-bond donors (Lipinski definition) is 1. The van der Waals surface area contributed by atoms with E-state index in [9.17, 15) is 27.6 Å². The fourth-order valence-corrected chi connectivity index (χ4v) is 3.19. The molecule has 1 amide bonds. The van der Waals surface area contributed by atoms with Crippen molar-refractivity contribution < 1.29 is 22.7 Å². The fourth-order valence-electron chi connectivity index (χ4n) is 3.19. The van der Waals surface area contributed by atoms with E-state index in [2.05, 4.69) is 10.4 Å². The second-order valence-electron chi connectivity index (χ2n) is 7.89. The number of amides is 1. The number of alkyl halides is 3. The van der Waals surface area contributed by atoms with Crippen LogP contribution in [0.5, 0.6) is 5.75 Å². The number of methoxy groups -OCH3 is 1. The van der Waals surface area contributed by atoms with Crippen molar-refractivity contribution >= 4 is 5.91 Å². The molecule has 0 radical (unpaired) electrons. The number of carbonyl (C=O) groups excluding carboxylic acids is 1. The van der Waals surface area contributed by atoms with Crippen LogP contribution in [0.1, 0.15) is 21.6 Å². The van der Waals surface area contributed by atoms with Crippen LogP contribution in [0.4, 0.5) is 13.2 Å². The number of likely N-dealkylation sites (N-methyl/N-ethyl adjacent to an activating group) is 1. The summed E-state index contributed by atoms with van der Waals surface area (Å²) in [6, 6.07) is 10.3. The maximum absolute atomic E-state index is 13.2. The Hall–Kier alpha value is -3.93. The molecule has 1 aromatic heterocycles. The molecule has 0 bridgehead atoms. The molecule has 0 aliphatic carbocycles. The van der Waals surface area contributed by atoms with Crippen molar-refractivity contribution in [2.24, 2.45) is 0 Å². The number of benzene rings is 2. The molecule has 0 saturated carbocycles. The average molecular weight is 491 g/mol. The minimum absolute atomic E-state index is 0.0373. The first-order valence-corrected chi connectivity index (χ1v) is 10.5. The van der Waals surface area contributed by atoms with E-state index >= 15 is 0 Å². The number of rotatable bonds is 8. The normalized spacial score (nSPS) is 11.5. The van der Waals surface area contributed by atoms with Crippen LogP contribution >= 0.6 is 0 Å². The van der Waals surface area contributed by atoms with Gasteiger partial charge in [-0.15, -0.1) is 0 Å². The van der Waals surface area contributed by atoms with E-state index in [1.807, 2.05) is 4.90 Å². The number of carbonyl (C=O) groups is 1. The lowest BCUT2D eigenvalue weighted by Crippen LogP contribution is -2.46. The second-order valence-corrected chi connectivity index (χ2v) is 7.89. The smallest absolute Gasteiger partial charge is 0.416 e. The summed E-state index contributed by atoms with van der Waals surface area (Å²) in [5.41, 5.74) is -2.82. The molecule has 0 atom stereocenters. The molecular weight excluding hydrogens is 467 g/mol. The van der Waals surface area contributed by atoms with Crippen molar-refractivity contribution in [2.45, 2.75) is 12.7 Å². The van der Waals surface area contributed by atoms with Gasteiger partial charge in [0, 0.05) is 13.1 Å². The molecule has 12 heteroatoms. The number of halogens is 3. The second kappa shape index (κ2) is 10.6. The Balaban J connectivity index is 2.11. The third kappa shape index (κ3) is 6.15. The minimum atomic E-state index is -4.57. The van der Waals surface area contributed by atoms with Gasteiger partial charge in [-0.3, -0.25) is 14.2 Å². The molecule has 9 nitrogen and oxygen atoms in total. The molecule has 2 aromatic carbocycles. The van der Waals surface area contributed by atoms with Gasteiger partial charge >= 0.3 is 11.9 Å². The van der Waals surface area contributed by atoms with Gasteiger partial charge in [0.05, 0.1) is 24.9 Å². The van der Waals surface area contributed by atoms with Crippen molar-refractivity contribution in [3.8, 4) is 11.4 Å². The highest BCUT2D eigenvalue weighted by Gasteiger charge is 2.30. The first kappa shape index (κ1) is 25.7. The molecule has 35 heavy (non-hydrogen) atoms. The van der Waals surface area contributed by atoms with Crippen LogP contribution in [0, 0.1) is 0 Å². The Labute approximate surface area is 198 Å². The lowest BCUT2D eigenvalue weighted by molar-refractivity contribution is -0.137. The van der Waals surface area contributed by atoms with Crippen molar-refractivity contribution in [2.75, 3.05) is 34.3 Å². The zero-order chi connectivity index (χ0) is 25.8. The first-order valence-electron chi connectivity index (χ1n) is 10.5. The van der Waals surface area contributed by atoms with E-state index in [0.29, 0.717) is 17.9 Å². The predicted octanol–water partition coefficient (Wildman–Crippen LogP) is 1.76. The zero-order valence-electron chi connectivity index (χ0n) is 19.3. The highest BCUT2D eigenvalue weighted by Crippen LogP contribution is 2.29. The molecule has 0 aliphatic rings. The molecule has 1 N–H and O–H groups in total. The zero-order valence-corrected chi connectivity index (χ0v) is 19.3. The van der Waals surface area contributed by atoms with Crippen LogP contribution in [0.2, 0.25) is 0 Å². The van der Waals surface area contributed by atoms with Gasteiger partial charge in [-0.2, -0.15) is 23.0 Å². The third-order valence-corrected chi connectivity index (χ3v) is 5.03. The standard InChI is InChI=1S/C23H24F3N5O4/c1-29(2)12-11-27-20(32)19-21(33)30(14-15-5-4-6-18(13-15)35-3)22(34)31(28-19)17-9-7-16(8-10-17)23(24,25)26/h4-10,13H,11-12,14H2,1-3H3,(H,27,32). The van der Waals surface area contributed by atoms with Crippen molar-refractivity contribution in [1.82, 2.24) is 24.6 Å². The van der Waals surface area contributed by atoms with Gasteiger partial charge in [0.2, 0.25) is 5.69 Å². The van der Waals surface area contributed by atoms with E-state index in [4.69, 9.17) is 4.74 Å². The van der Waals surface area contributed by atoms with Crippen molar-refractivity contribution in [3.05, 3.63) is 86.2 Å².